The van der Waals surface area contributed by atoms with E-state index in [4.69, 9.17) is 9.47 Å². The summed E-state index contributed by atoms with van der Waals surface area (Å²) in [7, 11) is 0. The molecule has 6 nitrogen and oxygen atoms in total. The van der Waals surface area contributed by atoms with Gasteiger partial charge in [0, 0.05) is 18.7 Å². The zero-order chi connectivity index (χ0) is 19.7. The van der Waals surface area contributed by atoms with Gasteiger partial charge in [0.2, 0.25) is 5.91 Å². The van der Waals surface area contributed by atoms with Gasteiger partial charge in [-0.15, -0.1) is 0 Å². The molecule has 1 saturated carbocycles. The van der Waals surface area contributed by atoms with Gasteiger partial charge in [-0.3, -0.25) is 14.5 Å². The molecular formula is C21H27FN2O4. The summed E-state index contributed by atoms with van der Waals surface area (Å²) >= 11 is 0. The van der Waals surface area contributed by atoms with E-state index in [9.17, 15) is 14.0 Å². The highest BCUT2D eigenvalue weighted by molar-refractivity contribution is 5.98. The highest BCUT2D eigenvalue weighted by Crippen LogP contribution is 2.43. The van der Waals surface area contributed by atoms with E-state index in [-0.39, 0.29) is 18.4 Å². The van der Waals surface area contributed by atoms with Crippen LogP contribution >= 0.6 is 0 Å². The van der Waals surface area contributed by atoms with Gasteiger partial charge in [0.15, 0.2) is 0 Å². The lowest BCUT2D eigenvalue weighted by atomic mass is 9.83. The van der Waals surface area contributed by atoms with E-state index in [1.807, 2.05) is 0 Å². The third-order valence-corrected chi connectivity index (χ3v) is 6.23. The summed E-state index contributed by atoms with van der Waals surface area (Å²) in [5.41, 5.74) is -0.366. The Hall–Kier alpha value is -1.99. The second-order valence-electron chi connectivity index (χ2n) is 8.08. The normalized spacial score (nSPS) is 30.6. The molecule has 7 heteroatoms. The summed E-state index contributed by atoms with van der Waals surface area (Å²) in [5, 5.41) is 0. The lowest BCUT2D eigenvalue weighted by Gasteiger charge is -2.43. The van der Waals surface area contributed by atoms with Crippen molar-refractivity contribution in [3.8, 4) is 0 Å². The largest absolute Gasteiger partial charge is 0.378 e. The van der Waals surface area contributed by atoms with Gasteiger partial charge in [-0.25, -0.2) is 4.39 Å². The Morgan fingerprint density at radius 3 is 2.39 bits per heavy atom. The second kappa shape index (κ2) is 7.79. The van der Waals surface area contributed by atoms with E-state index < -0.39 is 17.6 Å². The van der Waals surface area contributed by atoms with Crippen LogP contribution < -0.4 is 0 Å². The Morgan fingerprint density at radius 1 is 1.11 bits per heavy atom. The number of halogens is 1. The van der Waals surface area contributed by atoms with Gasteiger partial charge in [0.25, 0.3) is 5.91 Å². The van der Waals surface area contributed by atoms with Crippen molar-refractivity contribution in [1.29, 1.82) is 0 Å². The highest BCUT2D eigenvalue weighted by atomic mass is 19.1. The zero-order valence-electron chi connectivity index (χ0n) is 16.2. The monoisotopic (exact) mass is 390 g/mol. The van der Waals surface area contributed by atoms with Gasteiger partial charge in [-0.2, -0.15) is 0 Å². The van der Waals surface area contributed by atoms with Crippen LogP contribution in [0.25, 0.3) is 0 Å². The topological polar surface area (TPSA) is 59.1 Å². The predicted octanol–water partition coefficient (Wildman–Crippen LogP) is 2.43. The van der Waals surface area contributed by atoms with Crippen molar-refractivity contribution >= 4 is 11.8 Å². The average Bonchev–Trinajstić information content (AvgIpc) is 3.09. The molecule has 0 aromatic heterocycles. The molecule has 1 aliphatic carbocycles. The van der Waals surface area contributed by atoms with Crippen LogP contribution in [0.5, 0.6) is 0 Å². The van der Waals surface area contributed by atoms with E-state index in [1.54, 1.807) is 9.80 Å². The first-order valence-electron chi connectivity index (χ1n) is 10.1. The predicted molar refractivity (Wildman–Crippen MR) is 100 cm³/mol. The first kappa shape index (κ1) is 19.3. The third-order valence-electron chi connectivity index (χ3n) is 6.23. The van der Waals surface area contributed by atoms with E-state index >= 15 is 0 Å². The van der Waals surface area contributed by atoms with Gasteiger partial charge < -0.3 is 14.4 Å². The summed E-state index contributed by atoms with van der Waals surface area (Å²) in [6.07, 6.45) is 3.33. The standard InChI is InChI=1S/C21H27FN2O4/c1-15-6-8-21(9-7-15)24(19(25)16-2-4-17(22)5-3-16)18(14-28-21)20(26)23-10-12-27-13-11-23/h2-5,15,18H,6-14H2,1H3. The van der Waals surface area contributed by atoms with E-state index in [0.717, 1.165) is 12.8 Å². The van der Waals surface area contributed by atoms with Crippen molar-refractivity contribution in [2.24, 2.45) is 5.92 Å². The minimum Gasteiger partial charge on any atom is -0.378 e. The van der Waals surface area contributed by atoms with Crippen LogP contribution in [0.2, 0.25) is 0 Å². The molecule has 2 aliphatic heterocycles. The Kier molecular flexibility index (Phi) is 5.38. The van der Waals surface area contributed by atoms with Crippen LogP contribution in [0, 0.1) is 11.7 Å². The molecule has 3 aliphatic rings. The van der Waals surface area contributed by atoms with Crippen molar-refractivity contribution in [2.75, 3.05) is 32.9 Å². The van der Waals surface area contributed by atoms with Crippen molar-refractivity contribution in [3.63, 3.8) is 0 Å². The number of ether oxygens (including phenoxy) is 2. The summed E-state index contributed by atoms with van der Waals surface area (Å²) in [5.74, 6) is -0.171. The maximum absolute atomic E-state index is 13.4. The van der Waals surface area contributed by atoms with Crippen LogP contribution in [0.4, 0.5) is 4.39 Å². The number of carbonyl (C=O) groups is 2. The van der Waals surface area contributed by atoms with Crippen molar-refractivity contribution in [3.05, 3.63) is 35.6 Å². The minimum atomic E-state index is -0.745. The molecule has 2 saturated heterocycles. The van der Waals surface area contributed by atoms with Gasteiger partial charge >= 0.3 is 0 Å². The van der Waals surface area contributed by atoms with Crippen molar-refractivity contribution < 1.29 is 23.5 Å². The molecule has 1 atom stereocenters. The second-order valence-corrected chi connectivity index (χ2v) is 8.08. The van der Waals surface area contributed by atoms with Crippen molar-refractivity contribution in [1.82, 2.24) is 9.80 Å². The number of carbonyl (C=O) groups excluding carboxylic acids is 2. The Bertz CT molecular complexity index is 724. The van der Waals surface area contributed by atoms with Gasteiger partial charge in [-0.1, -0.05) is 6.92 Å². The van der Waals surface area contributed by atoms with Gasteiger partial charge in [-0.05, 0) is 55.9 Å². The Labute approximate surface area is 164 Å². The lowest BCUT2D eigenvalue weighted by molar-refractivity contribution is -0.141. The molecule has 4 rings (SSSR count). The fourth-order valence-corrected chi connectivity index (χ4v) is 4.49. The van der Waals surface area contributed by atoms with E-state index in [1.165, 1.54) is 24.3 Å². The third kappa shape index (κ3) is 3.53. The fraction of sp³-hybridized carbons (Fsp3) is 0.619. The number of nitrogens with zero attached hydrogens (tertiary/aromatic N) is 2. The molecule has 1 aromatic carbocycles. The van der Waals surface area contributed by atoms with Crippen LogP contribution in [0.3, 0.4) is 0 Å². The molecule has 0 radical (unpaired) electrons. The Balaban J connectivity index is 1.64. The van der Waals surface area contributed by atoms with E-state index in [0.29, 0.717) is 50.6 Å². The summed E-state index contributed by atoms with van der Waals surface area (Å²) in [6, 6.07) is 4.86. The maximum Gasteiger partial charge on any atom is 0.256 e. The molecule has 0 bridgehead atoms. The fourth-order valence-electron chi connectivity index (χ4n) is 4.49. The minimum absolute atomic E-state index is 0.0886. The van der Waals surface area contributed by atoms with Crippen LogP contribution in [0.15, 0.2) is 24.3 Å². The number of hydrogen-bond donors (Lipinski definition) is 0. The highest BCUT2D eigenvalue weighted by Gasteiger charge is 2.54. The molecule has 1 unspecified atom stereocenters. The molecule has 2 amide bonds. The molecule has 3 fully saturated rings. The van der Waals surface area contributed by atoms with Crippen LogP contribution in [-0.4, -0.2) is 66.3 Å². The van der Waals surface area contributed by atoms with E-state index in [2.05, 4.69) is 6.92 Å². The molecule has 0 N–H and O–H groups in total. The Morgan fingerprint density at radius 2 is 1.75 bits per heavy atom. The maximum atomic E-state index is 13.4. The average molecular weight is 390 g/mol. The number of benzene rings is 1. The number of amides is 2. The summed E-state index contributed by atoms with van der Waals surface area (Å²) in [6.45, 7) is 4.47. The van der Waals surface area contributed by atoms with Gasteiger partial charge in [0.05, 0.1) is 19.8 Å². The zero-order valence-corrected chi connectivity index (χ0v) is 16.2. The lowest BCUT2D eigenvalue weighted by Crippen LogP contribution is -2.58. The van der Waals surface area contributed by atoms with Crippen molar-refractivity contribution in [2.45, 2.75) is 44.4 Å². The summed E-state index contributed by atoms with van der Waals surface area (Å²) in [4.78, 5) is 30.1. The quantitative estimate of drug-likeness (QED) is 0.778. The molecule has 1 aromatic rings. The SMILES string of the molecule is CC1CCC2(CC1)OCC(C(=O)N1CCOCC1)N2C(=O)c1ccc(F)cc1. The van der Waals surface area contributed by atoms with Crippen LogP contribution in [-0.2, 0) is 14.3 Å². The van der Waals surface area contributed by atoms with Gasteiger partial charge in [0.1, 0.15) is 17.6 Å². The van der Waals surface area contributed by atoms with Crippen LogP contribution in [0.1, 0.15) is 43.0 Å². The smallest absolute Gasteiger partial charge is 0.256 e. The molecule has 28 heavy (non-hydrogen) atoms. The first-order valence-corrected chi connectivity index (χ1v) is 10.1. The molecule has 2 heterocycles. The first-order chi connectivity index (χ1) is 13.5. The summed E-state index contributed by atoms with van der Waals surface area (Å²) < 4.78 is 24.9. The molecule has 152 valence electrons. The number of rotatable bonds is 2. The number of morpholine rings is 1. The molecule has 1 spiro atoms. The molecular weight excluding hydrogens is 363 g/mol. The number of hydrogen-bond acceptors (Lipinski definition) is 4.